The highest BCUT2D eigenvalue weighted by Crippen LogP contribution is 2.08. The molecule has 1 radical (unpaired) electrons. The summed E-state index contributed by atoms with van der Waals surface area (Å²) in [6, 6.07) is 7.26. The minimum absolute atomic E-state index is 0.549. The minimum Gasteiger partial charge on any atom is -0.396 e. The molecule has 1 aromatic carbocycles. The molecule has 0 bridgehead atoms. The van der Waals surface area contributed by atoms with Crippen LogP contribution < -0.4 is 0 Å². The van der Waals surface area contributed by atoms with Crippen molar-refractivity contribution in [3.63, 3.8) is 0 Å². The van der Waals surface area contributed by atoms with Crippen molar-refractivity contribution in [2.75, 3.05) is 6.61 Å². The summed E-state index contributed by atoms with van der Waals surface area (Å²) in [5, 5.41) is 4.27. The standard InChI is InChI=1S/C9H9ClNO/c1-2-12-11-7-8-4-3-5-9(10)6-8/h3-6H,2H2,1H3. The topological polar surface area (TPSA) is 21.6 Å². The minimum atomic E-state index is 0.549. The molecule has 0 aliphatic carbocycles. The van der Waals surface area contributed by atoms with Gasteiger partial charge >= 0.3 is 0 Å². The first kappa shape index (κ1) is 9.07. The molecule has 63 valence electrons. The molecule has 0 spiro atoms. The Morgan fingerprint density at radius 1 is 1.58 bits per heavy atom. The van der Waals surface area contributed by atoms with Crippen molar-refractivity contribution in [1.29, 1.82) is 0 Å². The van der Waals surface area contributed by atoms with Gasteiger partial charge in [-0.25, -0.2) is 0 Å². The first-order valence-corrected chi connectivity index (χ1v) is 4.04. The summed E-state index contributed by atoms with van der Waals surface area (Å²) >= 11 is 5.74. The maximum absolute atomic E-state index is 5.74. The van der Waals surface area contributed by atoms with Crippen molar-refractivity contribution in [3.05, 3.63) is 34.9 Å². The molecule has 1 rings (SSSR count). The van der Waals surface area contributed by atoms with E-state index in [-0.39, 0.29) is 0 Å². The average molecular weight is 183 g/mol. The predicted octanol–water partition coefficient (Wildman–Crippen LogP) is 2.59. The van der Waals surface area contributed by atoms with E-state index in [1.54, 1.807) is 12.1 Å². The van der Waals surface area contributed by atoms with Crippen LogP contribution >= 0.6 is 11.6 Å². The molecule has 0 atom stereocenters. The van der Waals surface area contributed by atoms with Gasteiger partial charge in [0.25, 0.3) is 0 Å². The van der Waals surface area contributed by atoms with Crippen LogP contribution in [0.25, 0.3) is 0 Å². The van der Waals surface area contributed by atoms with Crippen molar-refractivity contribution < 1.29 is 4.84 Å². The lowest BCUT2D eigenvalue weighted by atomic mass is 10.2. The van der Waals surface area contributed by atoms with Crippen LogP contribution in [0.5, 0.6) is 0 Å². The van der Waals surface area contributed by atoms with E-state index in [1.165, 1.54) is 0 Å². The normalized spacial score (nSPS) is 10.5. The number of hydrogen-bond donors (Lipinski definition) is 0. The smallest absolute Gasteiger partial charge is 0.139 e. The van der Waals surface area contributed by atoms with E-state index < -0.39 is 0 Å². The third-order valence-electron chi connectivity index (χ3n) is 1.19. The van der Waals surface area contributed by atoms with Crippen molar-refractivity contribution in [2.24, 2.45) is 5.16 Å². The van der Waals surface area contributed by atoms with Crippen molar-refractivity contribution >= 4 is 17.8 Å². The first-order chi connectivity index (χ1) is 5.83. The predicted molar refractivity (Wildman–Crippen MR) is 49.6 cm³/mol. The van der Waals surface area contributed by atoms with Crippen LogP contribution in [0.15, 0.2) is 29.4 Å². The largest absolute Gasteiger partial charge is 0.396 e. The lowest BCUT2D eigenvalue weighted by molar-refractivity contribution is 0.160. The van der Waals surface area contributed by atoms with Crippen LogP contribution in [0.1, 0.15) is 12.5 Å². The maximum Gasteiger partial charge on any atom is 0.139 e. The lowest BCUT2D eigenvalue weighted by Gasteiger charge is -1.92. The van der Waals surface area contributed by atoms with Gasteiger partial charge in [0.05, 0.1) is 0 Å². The van der Waals surface area contributed by atoms with E-state index >= 15 is 0 Å². The second-order valence-corrected chi connectivity index (χ2v) is 2.57. The van der Waals surface area contributed by atoms with Gasteiger partial charge in [-0.15, -0.1) is 0 Å². The molecule has 0 N–H and O–H groups in total. The van der Waals surface area contributed by atoms with Crippen molar-refractivity contribution in [2.45, 2.75) is 6.92 Å². The third-order valence-corrected chi connectivity index (χ3v) is 1.43. The highest BCUT2D eigenvalue weighted by atomic mass is 35.5. The number of halogens is 1. The average Bonchev–Trinajstić information content (AvgIpc) is 2.05. The fraction of sp³-hybridized carbons (Fsp3) is 0.222. The molecule has 0 heterocycles. The molecule has 0 aliphatic heterocycles. The van der Waals surface area contributed by atoms with E-state index in [9.17, 15) is 0 Å². The summed E-state index contributed by atoms with van der Waals surface area (Å²) in [6.07, 6.45) is 2.70. The van der Waals surface area contributed by atoms with E-state index in [0.29, 0.717) is 11.6 Å². The molecule has 1 aromatic rings. The zero-order chi connectivity index (χ0) is 8.81. The number of hydrogen-bond acceptors (Lipinski definition) is 2. The van der Waals surface area contributed by atoms with Crippen LogP contribution in [0.2, 0.25) is 5.02 Å². The van der Waals surface area contributed by atoms with Crippen molar-refractivity contribution in [1.82, 2.24) is 0 Å². The second kappa shape index (κ2) is 4.78. The molecule has 3 heteroatoms. The van der Waals surface area contributed by atoms with Gasteiger partial charge < -0.3 is 4.84 Å². The zero-order valence-electron chi connectivity index (χ0n) is 6.75. The molecule has 0 amide bonds. The van der Waals surface area contributed by atoms with E-state index in [4.69, 9.17) is 16.4 Å². The van der Waals surface area contributed by atoms with Crippen LogP contribution in [0, 0.1) is 0 Å². The Bertz CT molecular complexity index is 273. The van der Waals surface area contributed by atoms with E-state index in [1.807, 2.05) is 19.1 Å². The Morgan fingerprint density at radius 2 is 2.42 bits per heavy atom. The Morgan fingerprint density at radius 3 is 3.08 bits per heavy atom. The van der Waals surface area contributed by atoms with Gasteiger partial charge in [-0.2, -0.15) is 0 Å². The summed E-state index contributed by atoms with van der Waals surface area (Å²) in [5.74, 6) is 0. The molecule has 0 unspecified atom stereocenters. The summed E-state index contributed by atoms with van der Waals surface area (Å²) in [5.41, 5.74) is 0.816. The van der Waals surface area contributed by atoms with E-state index in [0.717, 1.165) is 5.56 Å². The molecular formula is C9H9ClNO. The van der Waals surface area contributed by atoms with Gasteiger partial charge in [0, 0.05) is 10.6 Å². The molecule has 0 saturated carbocycles. The summed E-state index contributed by atoms with van der Waals surface area (Å²) < 4.78 is 0. The molecule has 2 nitrogen and oxygen atoms in total. The zero-order valence-corrected chi connectivity index (χ0v) is 7.51. The van der Waals surface area contributed by atoms with Gasteiger partial charge in [-0.05, 0) is 19.1 Å². The van der Waals surface area contributed by atoms with Crippen molar-refractivity contribution in [3.8, 4) is 0 Å². The summed E-state index contributed by atoms with van der Waals surface area (Å²) in [4.78, 5) is 4.75. The third kappa shape index (κ3) is 2.93. The molecule has 0 fully saturated rings. The summed E-state index contributed by atoms with van der Waals surface area (Å²) in [7, 11) is 0. The Labute approximate surface area is 76.8 Å². The number of benzene rings is 1. The molecule has 0 saturated heterocycles. The highest BCUT2D eigenvalue weighted by Gasteiger charge is 1.89. The first-order valence-electron chi connectivity index (χ1n) is 3.66. The highest BCUT2D eigenvalue weighted by molar-refractivity contribution is 6.30. The fourth-order valence-corrected chi connectivity index (χ4v) is 0.898. The Hall–Kier alpha value is -1.02. The number of rotatable bonds is 3. The SMILES string of the molecule is CCO/N=[C]/c1cccc(Cl)c1. The van der Waals surface area contributed by atoms with Crippen LogP contribution in [0.4, 0.5) is 0 Å². The quantitative estimate of drug-likeness (QED) is 0.520. The second-order valence-electron chi connectivity index (χ2n) is 2.13. The van der Waals surface area contributed by atoms with Crippen LogP contribution in [-0.2, 0) is 4.84 Å². The molecule has 12 heavy (non-hydrogen) atoms. The van der Waals surface area contributed by atoms with Gasteiger partial charge in [-0.3, -0.25) is 0 Å². The van der Waals surface area contributed by atoms with Crippen LogP contribution in [0.3, 0.4) is 0 Å². The van der Waals surface area contributed by atoms with Gasteiger partial charge in [0.1, 0.15) is 12.8 Å². The molecular weight excluding hydrogens is 174 g/mol. The molecule has 0 aliphatic rings. The van der Waals surface area contributed by atoms with Gasteiger partial charge in [0.2, 0.25) is 0 Å². The van der Waals surface area contributed by atoms with Crippen LogP contribution in [-0.4, -0.2) is 12.8 Å². The fourth-order valence-electron chi connectivity index (χ4n) is 0.708. The van der Waals surface area contributed by atoms with Gasteiger partial charge in [-0.1, -0.05) is 28.9 Å². The summed E-state index contributed by atoms with van der Waals surface area (Å²) in [6.45, 7) is 2.41. The Balaban J connectivity index is 2.63. The number of nitrogens with zero attached hydrogens (tertiary/aromatic N) is 1. The lowest BCUT2D eigenvalue weighted by Crippen LogP contribution is -1.83. The molecule has 0 aromatic heterocycles. The maximum atomic E-state index is 5.74. The monoisotopic (exact) mass is 182 g/mol. The van der Waals surface area contributed by atoms with E-state index in [2.05, 4.69) is 11.4 Å². The Kier molecular flexibility index (Phi) is 3.61. The van der Waals surface area contributed by atoms with Gasteiger partial charge in [0.15, 0.2) is 0 Å².